The van der Waals surface area contributed by atoms with E-state index in [0.717, 1.165) is 21.3 Å². The van der Waals surface area contributed by atoms with Gasteiger partial charge in [0.25, 0.3) is 5.91 Å². The summed E-state index contributed by atoms with van der Waals surface area (Å²) in [6.45, 7) is 0. The molecule has 0 spiro atoms. The third-order valence-electron chi connectivity index (χ3n) is 4.13. The number of nitrogens with zero attached hydrogens (tertiary/aromatic N) is 1. The zero-order chi connectivity index (χ0) is 17.1. The number of hydrogen-bond donors (Lipinski definition) is 1. The second kappa shape index (κ2) is 6.87. The predicted molar refractivity (Wildman–Crippen MR) is 102 cm³/mol. The van der Waals surface area contributed by atoms with Crippen LogP contribution in [0.25, 0.3) is 10.2 Å². The fraction of sp³-hybridized carbons (Fsp3) is 0.0476. The number of aromatic nitrogens is 1. The molecule has 1 aromatic heterocycles. The van der Waals surface area contributed by atoms with Gasteiger partial charge in [0, 0.05) is 5.56 Å². The Labute approximate surface area is 150 Å². The van der Waals surface area contributed by atoms with E-state index >= 15 is 0 Å². The smallest absolute Gasteiger partial charge is 0.252 e. The van der Waals surface area contributed by atoms with E-state index in [-0.39, 0.29) is 11.9 Å². The first-order valence-electron chi connectivity index (χ1n) is 8.05. The maximum absolute atomic E-state index is 12.8. The lowest BCUT2D eigenvalue weighted by Crippen LogP contribution is -2.29. The first-order valence-corrected chi connectivity index (χ1v) is 8.93. The summed E-state index contributed by atoms with van der Waals surface area (Å²) in [5, 5.41) is 3.17. The lowest BCUT2D eigenvalue weighted by Gasteiger charge is -2.20. The third-order valence-corrected chi connectivity index (χ3v) is 4.93. The molecular weight excluding hydrogens is 328 g/mol. The molecule has 0 saturated heterocycles. The van der Waals surface area contributed by atoms with Crippen molar-refractivity contribution in [1.82, 2.24) is 10.3 Å². The Balaban J connectivity index is 1.67. The highest BCUT2D eigenvalue weighted by Gasteiger charge is 2.18. The lowest BCUT2D eigenvalue weighted by molar-refractivity contribution is 0.0943. The fourth-order valence-electron chi connectivity index (χ4n) is 2.86. The molecule has 4 aromatic rings. The van der Waals surface area contributed by atoms with E-state index in [9.17, 15) is 4.79 Å². The molecule has 3 nitrogen and oxygen atoms in total. The van der Waals surface area contributed by atoms with E-state index in [1.807, 2.05) is 78.9 Å². The van der Waals surface area contributed by atoms with Crippen molar-refractivity contribution in [1.29, 1.82) is 0 Å². The normalized spacial score (nSPS) is 10.9. The van der Waals surface area contributed by atoms with Gasteiger partial charge < -0.3 is 5.32 Å². The Morgan fingerprint density at radius 1 is 0.880 bits per heavy atom. The Morgan fingerprint density at radius 2 is 1.52 bits per heavy atom. The Bertz CT molecular complexity index is 957. The van der Waals surface area contributed by atoms with Crippen molar-refractivity contribution in [3.63, 3.8) is 0 Å². The number of nitrogens with one attached hydrogen (secondary N) is 1. The van der Waals surface area contributed by atoms with E-state index in [1.54, 1.807) is 5.51 Å². The number of carbonyl (C=O) groups is 1. The molecule has 0 atom stereocenters. The van der Waals surface area contributed by atoms with Crippen LogP contribution < -0.4 is 5.32 Å². The molecule has 0 unspecified atom stereocenters. The topological polar surface area (TPSA) is 42.0 Å². The summed E-state index contributed by atoms with van der Waals surface area (Å²) in [5.74, 6) is -0.0898. The van der Waals surface area contributed by atoms with Crippen molar-refractivity contribution >= 4 is 27.5 Å². The van der Waals surface area contributed by atoms with E-state index < -0.39 is 0 Å². The molecule has 1 amide bonds. The van der Waals surface area contributed by atoms with Gasteiger partial charge in [0.1, 0.15) is 0 Å². The van der Waals surface area contributed by atoms with Crippen LogP contribution in [0.15, 0.2) is 84.4 Å². The number of benzene rings is 3. The molecular formula is C21H16N2OS. The highest BCUT2D eigenvalue weighted by atomic mass is 32.1. The van der Waals surface area contributed by atoms with Crippen molar-refractivity contribution in [2.45, 2.75) is 6.04 Å². The van der Waals surface area contributed by atoms with Gasteiger partial charge >= 0.3 is 0 Å². The highest BCUT2D eigenvalue weighted by Crippen LogP contribution is 2.24. The average molecular weight is 344 g/mol. The molecule has 4 rings (SSSR count). The molecule has 122 valence electrons. The quantitative estimate of drug-likeness (QED) is 0.577. The molecule has 0 aliphatic rings. The van der Waals surface area contributed by atoms with Gasteiger partial charge in [-0.25, -0.2) is 4.98 Å². The van der Waals surface area contributed by atoms with Gasteiger partial charge in [-0.05, 0) is 29.3 Å². The molecule has 0 saturated carbocycles. The molecule has 3 aromatic carbocycles. The van der Waals surface area contributed by atoms with E-state index in [1.165, 1.54) is 11.3 Å². The molecule has 0 aliphatic carbocycles. The molecule has 25 heavy (non-hydrogen) atoms. The zero-order valence-electron chi connectivity index (χ0n) is 13.4. The summed E-state index contributed by atoms with van der Waals surface area (Å²) in [6.07, 6.45) is 0. The van der Waals surface area contributed by atoms with E-state index in [2.05, 4.69) is 10.3 Å². The van der Waals surface area contributed by atoms with Crippen molar-refractivity contribution < 1.29 is 4.79 Å². The van der Waals surface area contributed by atoms with Crippen LogP contribution in [0, 0.1) is 0 Å². The van der Waals surface area contributed by atoms with Gasteiger partial charge in [-0.2, -0.15) is 0 Å². The maximum atomic E-state index is 12.8. The van der Waals surface area contributed by atoms with Crippen LogP contribution in [0.4, 0.5) is 0 Å². The highest BCUT2D eigenvalue weighted by molar-refractivity contribution is 7.16. The van der Waals surface area contributed by atoms with Crippen molar-refractivity contribution in [2.75, 3.05) is 0 Å². The van der Waals surface area contributed by atoms with Crippen LogP contribution in [0.3, 0.4) is 0 Å². The molecule has 0 radical (unpaired) electrons. The Hall–Kier alpha value is -2.98. The van der Waals surface area contributed by atoms with Gasteiger partial charge in [-0.15, -0.1) is 11.3 Å². The molecule has 4 heteroatoms. The number of rotatable bonds is 4. The summed E-state index contributed by atoms with van der Waals surface area (Å²) >= 11 is 1.54. The van der Waals surface area contributed by atoms with Crippen LogP contribution in [-0.2, 0) is 0 Å². The van der Waals surface area contributed by atoms with Crippen molar-refractivity contribution in [3.8, 4) is 0 Å². The standard InChI is InChI=1S/C21H16N2OS/c24-21(17-11-12-18-19(13-17)25-14-22-18)23-20(15-7-3-1-4-8-15)16-9-5-2-6-10-16/h1-14,20H,(H,23,24). The Kier molecular flexibility index (Phi) is 4.27. The summed E-state index contributed by atoms with van der Waals surface area (Å²) in [5.41, 5.74) is 5.47. The number of hydrogen-bond acceptors (Lipinski definition) is 3. The monoisotopic (exact) mass is 344 g/mol. The minimum atomic E-state index is -0.188. The molecule has 0 aliphatic heterocycles. The number of carbonyl (C=O) groups excluding carboxylic acids is 1. The van der Waals surface area contributed by atoms with Gasteiger partial charge in [0.05, 0.1) is 21.8 Å². The van der Waals surface area contributed by atoms with Gasteiger partial charge in [0.15, 0.2) is 0 Å². The SMILES string of the molecule is O=C(NC(c1ccccc1)c1ccccc1)c1ccc2ncsc2c1. The van der Waals surface area contributed by atoms with Gasteiger partial charge in [-0.3, -0.25) is 4.79 Å². The first kappa shape index (κ1) is 15.5. The molecule has 1 N–H and O–H groups in total. The number of fused-ring (bicyclic) bond motifs is 1. The minimum absolute atomic E-state index is 0.0898. The van der Waals surface area contributed by atoms with Crippen LogP contribution >= 0.6 is 11.3 Å². The van der Waals surface area contributed by atoms with Crippen molar-refractivity contribution in [2.24, 2.45) is 0 Å². The minimum Gasteiger partial charge on any atom is -0.341 e. The summed E-state index contributed by atoms with van der Waals surface area (Å²) in [6, 6.07) is 25.5. The van der Waals surface area contributed by atoms with E-state index in [0.29, 0.717) is 5.56 Å². The van der Waals surface area contributed by atoms with Crippen molar-refractivity contribution in [3.05, 3.63) is 101 Å². The zero-order valence-corrected chi connectivity index (χ0v) is 14.2. The average Bonchev–Trinajstić information content (AvgIpc) is 3.15. The fourth-order valence-corrected chi connectivity index (χ4v) is 3.58. The molecule has 1 heterocycles. The lowest BCUT2D eigenvalue weighted by atomic mass is 9.98. The van der Waals surface area contributed by atoms with Crippen LogP contribution in [-0.4, -0.2) is 10.9 Å². The molecule has 0 bridgehead atoms. The summed E-state index contributed by atoms with van der Waals surface area (Å²) < 4.78 is 1.02. The number of thiazole rings is 1. The predicted octanol–water partition coefficient (Wildman–Crippen LogP) is 4.82. The van der Waals surface area contributed by atoms with Crippen LogP contribution in [0.2, 0.25) is 0 Å². The third kappa shape index (κ3) is 3.30. The van der Waals surface area contributed by atoms with Crippen LogP contribution in [0.1, 0.15) is 27.5 Å². The van der Waals surface area contributed by atoms with Gasteiger partial charge in [0.2, 0.25) is 0 Å². The summed E-state index contributed by atoms with van der Waals surface area (Å²) in [7, 11) is 0. The second-order valence-electron chi connectivity index (χ2n) is 5.76. The largest absolute Gasteiger partial charge is 0.341 e. The second-order valence-corrected chi connectivity index (χ2v) is 6.65. The van der Waals surface area contributed by atoms with Crippen LogP contribution in [0.5, 0.6) is 0 Å². The Morgan fingerprint density at radius 3 is 2.16 bits per heavy atom. The first-order chi connectivity index (χ1) is 12.3. The van der Waals surface area contributed by atoms with E-state index in [4.69, 9.17) is 0 Å². The molecule has 0 fully saturated rings. The number of amides is 1. The van der Waals surface area contributed by atoms with Gasteiger partial charge in [-0.1, -0.05) is 60.7 Å². The summed E-state index contributed by atoms with van der Waals surface area (Å²) in [4.78, 5) is 17.1. The maximum Gasteiger partial charge on any atom is 0.252 e.